The Labute approximate surface area is 135 Å². The fraction of sp³-hybridized carbons (Fsp3) is 0.278. The molecule has 2 aromatic rings. The molecule has 2 atom stereocenters. The molecule has 0 aliphatic carbocycles. The minimum absolute atomic E-state index is 0.0603. The Hall–Kier alpha value is -1.84. The maximum atomic E-state index is 11.6. The highest BCUT2D eigenvalue weighted by Gasteiger charge is 2.39. The van der Waals surface area contributed by atoms with Crippen LogP contribution < -0.4 is 0 Å². The molecule has 0 saturated carbocycles. The van der Waals surface area contributed by atoms with Gasteiger partial charge in [-0.25, -0.2) is 0 Å². The predicted octanol–water partition coefficient (Wildman–Crippen LogP) is 3.64. The molecule has 0 amide bonds. The Kier molecular flexibility index (Phi) is 4.46. The van der Waals surface area contributed by atoms with Gasteiger partial charge in [0.05, 0.1) is 5.92 Å². The number of halogens is 1. The van der Waals surface area contributed by atoms with E-state index in [2.05, 4.69) is 17.0 Å². The van der Waals surface area contributed by atoms with Crippen LogP contribution in [0.4, 0.5) is 0 Å². The van der Waals surface area contributed by atoms with Crippen LogP contribution in [0.3, 0.4) is 0 Å². The van der Waals surface area contributed by atoms with E-state index in [1.54, 1.807) is 0 Å². The summed E-state index contributed by atoms with van der Waals surface area (Å²) in [6, 6.07) is 17.7. The average Bonchev–Trinajstić information content (AvgIpc) is 2.92. The molecule has 1 heterocycles. The number of benzene rings is 2. The Morgan fingerprint density at radius 2 is 1.77 bits per heavy atom. The Bertz CT molecular complexity index is 659. The van der Waals surface area contributed by atoms with Gasteiger partial charge in [-0.15, -0.1) is 0 Å². The zero-order chi connectivity index (χ0) is 15.5. The van der Waals surface area contributed by atoms with Crippen molar-refractivity contribution in [3.8, 4) is 0 Å². The number of carboxylic acid groups (broad SMARTS) is 1. The summed E-state index contributed by atoms with van der Waals surface area (Å²) in [7, 11) is 0. The Morgan fingerprint density at radius 3 is 2.45 bits per heavy atom. The number of hydrogen-bond acceptors (Lipinski definition) is 2. The number of nitrogens with zero attached hydrogens (tertiary/aromatic N) is 1. The van der Waals surface area contributed by atoms with Crippen LogP contribution in [0.2, 0.25) is 5.02 Å². The second kappa shape index (κ2) is 6.51. The molecule has 0 radical (unpaired) electrons. The van der Waals surface area contributed by atoms with Crippen molar-refractivity contribution in [2.24, 2.45) is 5.92 Å². The molecule has 1 saturated heterocycles. The fourth-order valence-corrected chi connectivity index (χ4v) is 3.47. The monoisotopic (exact) mass is 315 g/mol. The number of carbonyl (C=O) groups is 1. The van der Waals surface area contributed by atoms with Gasteiger partial charge in [0.2, 0.25) is 0 Å². The molecule has 3 nitrogen and oxygen atoms in total. The summed E-state index contributed by atoms with van der Waals surface area (Å²) >= 11 is 6.27. The van der Waals surface area contributed by atoms with Crippen molar-refractivity contribution in [3.63, 3.8) is 0 Å². The maximum Gasteiger partial charge on any atom is 0.308 e. The fourth-order valence-electron chi connectivity index (χ4n) is 3.20. The van der Waals surface area contributed by atoms with Crippen molar-refractivity contribution in [1.29, 1.82) is 0 Å². The number of aliphatic carboxylic acids is 1. The first-order chi connectivity index (χ1) is 10.6. The van der Waals surface area contributed by atoms with E-state index in [1.807, 2.05) is 42.5 Å². The standard InChI is InChI=1S/C18H18ClNO2/c19-17-9-5-4-8-14(17)15-11-20(12-16(15)18(21)22)10-13-6-2-1-3-7-13/h1-9,15-16H,10-12H2,(H,21,22)/t15-,16-/m1/s1. The van der Waals surface area contributed by atoms with E-state index in [4.69, 9.17) is 11.6 Å². The summed E-state index contributed by atoms with van der Waals surface area (Å²) in [4.78, 5) is 13.8. The maximum absolute atomic E-state index is 11.6. The first-order valence-corrected chi connectivity index (χ1v) is 7.76. The highest BCUT2D eigenvalue weighted by molar-refractivity contribution is 6.31. The highest BCUT2D eigenvalue weighted by Crippen LogP contribution is 2.36. The quantitative estimate of drug-likeness (QED) is 0.936. The Balaban J connectivity index is 1.81. The molecule has 0 spiro atoms. The molecule has 0 bridgehead atoms. The molecule has 3 rings (SSSR count). The summed E-state index contributed by atoms with van der Waals surface area (Å²) < 4.78 is 0. The first-order valence-electron chi connectivity index (χ1n) is 7.38. The van der Waals surface area contributed by atoms with Crippen molar-refractivity contribution in [1.82, 2.24) is 4.90 Å². The van der Waals surface area contributed by atoms with Crippen molar-refractivity contribution >= 4 is 17.6 Å². The third-order valence-corrected chi connectivity index (χ3v) is 4.61. The molecule has 0 aromatic heterocycles. The van der Waals surface area contributed by atoms with E-state index in [9.17, 15) is 9.90 Å². The van der Waals surface area contributed by atoms with Crippen molar-refractivity contribution in [3.05, 3.63) is 70.7 Å². The van der Waals surface area contributed by atoms with E-state index in [0.717, 1.165) is 18.7 Å². The number of carboxylic acids is 1. The molecular formula is C18H18ClNO2. The van der Waals surface area contributed by atoms with Gasteiger partial charge in [0, 0.05) is 30.6 Å². The molecule has 4 heteroatoms. The van der Waals surface area contributed by atoms with Gasteiger partial charge in [-0.1, -0.05) is 60.1 Å². The van der Waals surface area contributed by atoms with Gasteiger partial charge in [-0.2, -0.15) is 0 Å². The van der Waals surface area contributed by atoms with Crippen LogP contribution in [0.5, 0.6) is 0 Å². The van der Waals surface area contributed by atoms with Crippen LogP contribution in [0.1, 0.15) is 17.0 Å². The van der Waals surface area contributed by atoms with E-state index in [0.29, 0.717) is 11.6 Å². The summed E-state index contributed by atoms with van der Waals surface area (Å²) in [6.45, 7) is 2.04. The summed E-state index contributed by atoms with van der Waals surface area (Å²) in [5.41, 5.74) is 2.14. The third-order valence-electron chi connectivity index (χ3n) is 4.27. The molecular weight excluding hydrogens is 298 g/mol. The largest absolute Gasteiger partial charge is 0.481 e. The molecule has 2 aromatic carbocycles. The van der Waals surface area contributed by atoms with Crippen LogP contribution in [0.25, 0.3) is 0 Å². The lowest BCUT2D eigenvalue weighted by Gasteiger charge is -2.17. The molecule has 1 aliphatic rings. The van der Waals surface area contributed by atoms with E-state index in [-0.39, 0.29) is 5.92 Å². The van der Waals surface area contributed by atoms with Crippen LogP contribution in [0.15, 0.2) is 54.6 Å². The van der Waals surface area contributed by atoms with Crippen LogP contribution in [-0.2, 0) is 11.3 Å². The molecule has 22 heavy (non-hydrogen) atoms. The van der Waals surface area contributed by atoms with Gasteiger partial charge >= 0.3 is 5.97 Å². The summed E-state index contributed by atoms with van der Waals surface area (Å²) in [5, 5.41) is 10.2. The smallest absolute Gasteiger partial charge is 0.308 e. The van der Waals surface area contributed by atoms with Crippen LogP contribution in [0, 0.1) is 5.92 Å². The second-order valence-corrected chi connectivity index (χ2v) is 6.16. The topological polar surface area (TPSA) is 40.5 Å². The molecule has 1 N–H and O–H groups in total. The third kappa shape index (κ3) is 3.16. The lowest BCUT2D eigenvalue weighted by molar-refractivity contribution is -0.141. The zero-order valence-electron chi connectivity index (χ0n) is 12.2. The minimum Gasteiger partial charge on any atom is -0.481 e. The van der Waals surface area contributed by atoms with Gasteiger partial charge in [0.15, 0.2) is 0 Å². The predicted molar refractivity (Wildman–Crippen MR) is 87.0 cm³/mol. The van der Waals surface area contributed by atoms with Crippen molar-refractivity contribution < 1.29 is 9.90 Å². The number of likely N-dealkylation sites (tertiary alicyclic amines) is 1. The molecule has 114 valence electrons. The first kappa shape index (κ1) is 15.1. The normalized spacial score (nSPS) is 21.9. The summed E-state index contributed by atoms with van der Waals surface area (Å²) in [5.74, 6) is -1.22. The van der Waals surface area contributed by atoms with Crippen molar-refractivity contribution in [2.45, 2.75) is 12.5 Å². The number of rotatable bonds is 4. The van der Waals surface area contributed by atoms with Gasteiger partial charge in [0.1, 0.15) is 0 Å². The highest BCUT2D eigenvalue weighted by atomic mass is 35.5. The summed E-state index contributed by atoms with van der Waals surface area (Å²) in [6.07, 6.45) is 0. The Morgan fingerprint density at radius 1 is 1.09 bits per heavy atom. The van der Waals surface area contributed by atoms with Gasteiger partial charge in [-0.3, -0.25) is 9.69 Å². The van der Waals surface area contributed by atoms with Gasteiger partial charge in [0.25, 0.3) is 0 Å². The molecule has 0 unspecified atom stereocenters. The van der Waals surface area contributed by atoms with Crippen LogP contribution in [-0.4, -0.2) is 29.1 Å². The minimum atomic E-state index is -0.750. The van der Waals surface area contributed by atoms with E-state index in [1.165, 1.54) is 5.56 Å². The lowest BCUT2D eigenvalue weighted by atomic mass is 9.89. The van der Waals surface area contributed by atoms with Crippen molar-refractivity contribution in [2.75, 3.05) is 13.1 Å². The van der Waals surface area contributed by atoms with Crippen LogP contribution >= 0.6 is 11.6 Å². The molecule has 1 aliphatic heterocycles. The van der Waals surface area contributed by atoms with E-state index < -0.39 is 11.9 Å². The van der Waals surface area contributed by atoms with E-state index >= 15 is 0 Å². The lowest BCUT2D eigenvalue weighted by Crippen LogP contribution is -2.23. The number of hydrogen-bond donors (Lipinski definition) is 1. The second-order valence-electron chi connectivity index (χ2n) is 5.75. The van der Waals surface area contributed by atoms with Gasteiger partial charge in [-0.05, 0) is 17.2 Å². The average molecular weight is 316 g/mol. The van der Waals surface area contributed by atoms with Gasteiger partial charge < -0.3 is 5.11 Å². The SMILES string of the molecule is O=C(O)[C@@H]1CN(Cc2ccccc2)C[C@@H]1c1ccccc1Cl. The molecule has 1 fully saturated rings. The zero-order valence-corrected chi connectivity index (χ0v) is 12.9.